The predicted octanol–water partition coefficient (Wildman–Crippen LogP) is 13.0. The van der Waals surface area contributed by atoms with E-state index in [9.17, 15) is 9.59 Å². The normalized spacial score (nSPS) is 17.4. The first-order valence-corrected chi connectivity index (χ1v) is 20.8. The summed E-state index contributed by atoms with van der Waals surface area (Å²) >= 11 is 3.19. The molecule has 0 unspecified atom stereocenters. The minimum absolute atomic E-state index is 0.0293. The van der Waals surface area contributed by atoms with E-state index >= 15 is 0 Å². The average molecular weight is 691 g/mol. The maximum Gasteiger partial charge on any atom is 0.230 e. The Balaban J connectivity index is 0.000000223. The molecule has 2 fully saturated rings. The second-order valence-corrected chi connectivity index (χ2v) is 17.0. The SMILES string of the molecule is CCC(CC)CC1(C(=O)Nc2ccccc2SC(=O)C(C)C)CCCCC1.CCC(CC)CC1(c2nc3ccccc3s2)CCCCC1. The molecule has 264 valence electrons. The third kappa shape index (κ3) is 9.96. The Morgan fingerprint density at radius 3 is 1.94 bits per heavy atom. The summed E-state index contributed by atoms with van der Waals surface area (Å²) in [6.45, 7) is 13.0. The molecule has 0 atom stereocenters. The molecule has 1 amide bonds. The van der Waals surface area contributed by atoms with Crippen LogP contribution in [0.25, 0.3) is 10.2 Å². The second-order valence-electron chi connectivity index (χ2n) is 15.0. The fraction of sp³-hybridized carbons (Fsp3) is 0.643. The summed E-state index contributed by atoms with van der Waals surface area (Å²) in [7, 11) is 0. The standard InChI is InChI=1S/C23H35NO2S.C19H27NS/c1-5-18(6-2)16-23(14-10-7-11-15-23)22(26)24-19-12-8-9-13-20(19)27-21(25)17(3)4;1-3-15(4-2)14-19(12-8-5-9-13-19)18-20-16-10-6-7-11-17(16)21-18/h8-9,12-13,17-18H,5-7,10-11,14-16H2,1-4H3,(H,24,26);6-7,10-11,15H,3-5,8-9,12-14H2,1-2H3. The highest BCUT2D eigenvalue weighted by Gasteiger charge is 2.41. The number of thioether (sulfide) groups is 1. The van der Waals surface area contributed by atoms with Crippen LogP contribution in [0.4, 0.5) is 5.69 Å². The molecule has 48 heavy (non-hydrogen) atoms. The molecule has 2 saturated carbocycles. The number of rotatable bonds is 13. The van der Waals surface area contributed by atoms with Crippen molar-refractivity contribution in [2.75, 3.05) is 5.32 Å². The Morgan fingerprint density at radius 2 is 1.33 bits per heavy atom. The topological polar surface area (TPSA) is 59.1 Å². The quantitative estimate of drug-likeness (QED) is 0.181. The van der Waals surface area contributed by atoms with Gasteiger partial charge in [-0.3, -0.25) is 9.59 Å². The minimum atomic E-state index is -0.255. The number of aromatic nitrogens is 1. The molecule has 0 spiro atoms. The van der Waals surface area contributed by atoms with Gasteiger partial charge in [0.1, 0.15) is 0 Å². The number of amides is 1. The van der Waals surface area contributed by atoms with Gasteiger partial charge >= 0.3 is 0 Å². The van der Waals surface area contributed by atoms with Crippen LogP contribution in [-0.4, -0.2) is 16.0 Å². The molecule has 5 rings (SSSR count). The van der Waals surface area contributed by atoms with E-state index in [0.717, 1.165) is 61.4 Å². The zero-order valence-corrected chi connectivity index (χ0v) is 32.4. The van der Waals surface area contributed by atoms with E-state index in [4.69, 9.17) is 4.98 Å². The second kappa shape index (κ2) is 18.7. The van der Waals surface area contributed by atoms with Gasteiger partial charge in [0.05, 0.1) is 20.9 Å². The van der Waals surface area contributed by atoms with Crippen molar-refractivity contribution < 1.29 is 9.59 Å². The van der Waals surface area contributed by atoms with Gasteiger partial charge in [-0.2, -0.15) is 0 Å². The van der Waals surface area contributed by atoms with E-state index in [1.165, 1.54) is 84.8 Å². The highest BCUT2D eigenvalue weighted by Crippen LogP contribution is 2.48. The molecule has 2 aromatic carbocycles. The highest BCUT2D eigenvalue weighted by molar-refractivity contribution is 8.13. The first kappa shape index (κ1) is 38.6. The zero-order chi connectivity index (χ0) is 34.6. The summed E-state index contributed by atoms with van der Waals surface area (Å²) in [5, 5.41) is 4.76. The third-order valence-corrected chi connectivity index (χ3v) is 13.9. The van der Waals surface area contributed by atoms with Crippen molar-refractivity contribution in [2.24, 2.45) is 23.2 Å². The van der Waals surface area contributed by atoms with Crippen molar-refractivity contribution in [1.82, 2.24) is 4.98 Å². The predicted molar refractivity (Wildman–Crippen MR) is 208 cm³/mol. The number of carbonyl (C=O) groups excluding carboxylic acids is 2. The van der Waals surface area contributed by atoms with Crippen LogP contribution in [-0.2, 0) is 15.0 Å². The van der Waals surface area contributed by atoms with Gasteiger partial charge in [-0.1, -0.05) is 130 Å². The molecule has 6 heteroatoms. The third-order valence-electron chi connectivity index (χ3n) is 11.3. The Kier molecular flexibility index (Phi) is 15.1. The van der Waals surface area contributed by atoms with E-state index < -0.39 is 0 Å². The Labute approximate surface area is 300 Å². The van der Waals surface area contributed by atoms with Crippen LogP contribution >= 0.6 is 23.1 Å². The van der Waals surface area contributed by atoms with Crippen molar-refractivity contribution in [3.63, 3.8) is 0 Å². The van der Waals surface area contributed by atoms with Gasteiger partial charge in [0.25, 0.3) is 0 Å². The summed E-state index contributed by atoms with van der Waals surface area (Å²) < 4.78 is 1.36. The van der Waals surface area contributed by atoms with Crippen LogP contribution in [0.15, 0.2) is 53.4 Å². The van der Waals surface area contributed by atoms with Gasteiger partial charge in [-0.25, -0.2) is 4.98 Å². The lowest BCUT2D eigenvalue weighted by Crippen LogP contribution is -2.39. The number of hydrogen-bond acceptors (Lipinski definition) is 5. The molecule has 2 aliphatic rings. The van der Waals surface area contributed by atoms with Crippen molar-refractivity contribution in [3.05, 3.63) is 53.5 Å². The molecule has 3 aromatic rings. The van der Waals surface area contributed by atoms with E-state index in [1.807, 2.05) is 49.4 Å². The lowest BCUT2D eigenvalue weighted by molar-refractivity contribution is -0.128. The summed E-state index contributed by atoms with van der Waals surface area (Å²) in [4.78, 5) is 31.5. The number of thiazole rings is 1. The lowest BCUT2D eigenvalue weighted by Gasteiger charge is -2.38. The number of fused-ring (bicyclic) bond motifs is 1. The highest BCUT2D eigenvalue weighted by atomic mass is 32.2. The van der Waals surface area contributed by atoms with E-state index in [-0.39, 0.29) is 22.4 Å². The largest absolute Gasteiger partial charge is 0.325 e. The van der Waals surface area contributed by atoms with E-state index in [2.05, 4.69) is 57.3 Å². The fourth-order valence-electron chi connectivity index (χ4n) is 7.99. The van der Waals surface area contributed by atoms with Gasteiger partial charge in [0, 0.05) is 21.6 Å². The summed E-state index contributed by atoms with van der Waals surface area (Å²) in [6, 6.07) is 16.3. The maximum atomic E-state index is 13.4. The van der Waals surface area contributed by atoms with Gasteiger partial charge in [0.15, 0.2) is 5.12 Å². The maximum absolute atomic E-state index is 13.4. The molecule has 1 aromatic heterocycles. The molecule has 0 bridgehead atoms. The van der Waals surface area contributed by atoms with Gasteiger partial charge < -0.3 is 5.32 Å². The number of nitrogens with zero attached hydrogens (tertiary/aromatic N) is 1. The lowest BCUT2D eigenvalue weighted by atomic mass is 9.67. The summed E-state index contributed by atoms with van der Waals surface area (Å²) in [5.74, 6) is 1.58. The first-order valence-electron chi connectivity index (χ1n) is 19.2. The van der Waals surface area contributed by atoms with Crippen molar-refractivity contribution in [1.29, 1.82) is 0 Å². The average Bonchev–Trinajstić information content (AvgIpc) is 3.57. The Hall–Kier alpha value is -2.18. The molecule has 0 radical (unpaired) electrons. The first-order chi connectivity index (χ1) is 23.2. The smallest absolute Gasteiger partial charge is 0.230 e. The molecule has 2 aliphatic carbocycles. The van der Waals surface area contributed by atoms with Crippen LogP contribution in [0.1, 0.15) is 149 Å². The van der Waals surface area contributed by atoms with Crippen molar-refractivity contribution in [2.45, 2.75) is 155 Å². The zero-order valence-electron chi connectivity index (χ0n) is 30.7. The summed E-state index contributed by atoms with van der Waals surface area (Å²) in [6.07, 6.45) is 19.5. The molecule has 0 aliphatic heterocycles. The Bertz CT molecular complexity index is 1390. The number of carbonyl (C=O) groups is 2. The van der Waals surface area contributed by atoms with Crippen LogP contribution in [0.3, 0.4) is 0 Å². The molecule has 1 heterocycles. The van der Waals surface area contributed by atoms with Crippen LogP contribution in [0.5, 0.6) is 0 Å². The minimum Gasteiger partial charge on any atom is -0.325 e. The Morgan fingerprint density at radius 1 is 0.771 bits per heavy atom. The summed E-state index contributed by atoms with van der Waals surface area (Å²) in [5.41, 5.74) is 2.09. The number of anilines is 1. The van der Waals surface area contributed by atoms with Crippen molar-refractivity contribution >= 4 is 50.0 Å². The number of para-hydroxylation sites is 2. The molecule has 0 saturated heterocycles. The monoisotopic (exact) mass is 690 g/mol. The van der Waals surface area contributed by atoms with Crippen LogP contribution in [0.2, 0.25) is 0 Å². The van der Waals surface area contributed by atoms with E-state index in [1.54, 1.807) is 0 Å². The van der Waals surface area contributed by atoms with Crippen molar-refractivity contribution in [3.8, 4) is 0 Å². The van der Waals surface area contributed by atoms with Gasteiger partial charge in [-0.15, -0.1) is 11.3 Å². The van der Waals surface area contributed by atoms with Gasteiger partial charge in [0.2, 0.25) is 5.91 Å². The number of nitrogens with one attached hydrogen (secondary N) is 1. The molecular formula is C42H62N2O2S2. The molecule has 4 nitrogen and oxygen atoms in total. The fourth-order valence-corrected chi connectivity index (χ4v) is 10.0. The van der Waals surface area contributed by atoms with E-state index in [0.29, 0.717) is 11.3 Å². The van der Waals surface area contributed by atoms with Crippen LogP contribution in [0, 0.1) is 23.2 Å². The molecular weight excluding hydrogens is 629 g/mol. The number of hydrogen-bond donors (Lipinski definition) is 1. The number of benzene rings is 2. The van der Waals surface area contributed by atoms with Crippen LogP contribution < -0.4 is 5.32 Å². The van der Waals surface area contributed by atoms with Gasteiger partial charge in [-0.05, 0) is 86.4 Å². The molecule has 1 N–H and O–H groups in total.